The average molecular weight is 316 g/mol. The van der Waals surface area contributed by atoms with E-state index in [4.69, 9.17) is 4.84 Å². The molecule has 1 amide bonds. The van der Waals surface area contributed by atoms with Crippen molar-refractivity contribution < 1.29 is 9.63 Å². The molecule has 0 radical (unpaired) electrons. The highest BCUT2D eigenvalue weighted by Crippen LogP contribution is 2.21. The smallest absolute Gasteiger partial charge is 0.263 e. The topological polar surface area (TPSA) is 41.9 Å². The Morgan fingerprint density at radius 3 is 2.48 bits per heavy atom. The molecule has 4 nitrogen and oxygen atoms in total. The Balaban J connectivity index is 1.91. The van der Waals surface area contributed by atoms with Crippen molar-refractivity contribution in [3.8, 4) is 0 Å². The van der Waals surface area contributed by atoms with Crippen LogP contribution >= 0.6 is 0 Å². The van der Waals surface area contributed by atoms with E-state index in [-0.39, 0.29) is 18.4 Å². The van der Waals surface area contributed by atoms with Gasteiger partial charge in [0.1, 0.15) is 0 Å². The number of benzene rings is 1. The Morgan fingerprint density at radius 1 is 1.22 bits per heavy atom. The maximum atomic E-state index is 12.3. The van der Waals surface area contributed by atoms with Gasteiger partial charge in [0.05, 0.1) is 5.71 Å². The summed E-state index contributed by atoms with van der Waals surface area (Å²) < 4.78 is 0. The van der Waals surface area contributed by atoms with Crippen molar-refractivity contribution in [1.82, 2.24) is 4.90 Å². The van der Waals surface area contributed by atoms with Crippen molar-refractivity contribution in [3.63, 3.8) is 0 Å². The van der Waals surface area contributed by atoms with E-state index in [0.29, 0.717) is 6.04 Å². The molecule has 0 spiro atoms. The van der Waals surface area contributed by atoms with Crippen molar-refractivity contribution >= 4 is 11.6 Å². The quantitative estimate of drug-likeness (QED) is 0.591. The van der Waals surface area contributed by atoms with Gasteiger partial charge in [0.15, 0.2) is 6.61 Å². The molecule has 0 aromatic heterocycles. The van der Waals surface area contributed by atoms with Crippen molar-refractivity contribution in [2.75, 3.05) is 13.7 Å². The third-order valence-corrected chi connectivity index (χ3v) is 4.48. The maximum absolute atomic E-state index is 12.3. The van der Waals surface area contributed by atoms with Gasteiger partial charge in [-0.15, -0.1) is 0 Å². The molecular formula is C19H28N2O2. The molecule has 0 saturated heterocycles. The number of hydrogen-bond donors (Lipinski definition) is 0. The van der Waals surface area contributed by atoms with Gasteiger partial charge in [-0.25, -0.2) is 0 Å². The molecule has 1 aliphatic carbocycles. The van der Waals surface area contributed by atoms with E-state index in [0.717, 1.165) is 24.1 Å². The van der Waals surface area contributed by atoms with Gasteiger partial charge in [-0.3, -0.25) is 4.79 Å². The van der Waals surface area contributed by atoms with Crippen LogP contribution < -0.4 is 0 Å². The second kappa shape index (κ2) is 8.70. The summed E-state index contributed by atoms with van der Waals surface area (Å²) in [5.41, 5.74) is 1.91. The van der Waals surface area contributed by atoms with Crippen LogP contribution in [0.1, 0.15) is 51.5 Å². The molecule has 0 N–H and O–H groups in total. The second-order valence-corrected chi connectivity index (χ2v) is 6.57. The number of carbonyl (C=O) groups is 1. The highest BCUT2D eigenvalue weighted by molar-refractivity contribution is 6.01. The molecule has 4 heteroatoms. The van der Waals surface area contributed by atoms with Crippen molar-refractivity contribution in [2.24, 2.45) is 11.1 Å². The number of hydrogen-bond acceptors (Lipinski definition) is 3. The summed E-state index contributed by atoms with van der Waals surface area (Å²) in [7, 11) is 1.88. The fourth-order valence-corrected chi connectivity index (χ4v) is 3.03. The molecule has 0 atom stereocenters. The number of rotatable bonds is 6. The molecule has 2 rings (SSSR count). The SMILES string of the molecule is CC(C)/C(=N/OCC(=O)N(C)C1CCCCC1)c1ccccc1. The van der Waals surface area contributed by atoms with Crippen LogP contribution in [0.5, 0.6) is 0 Å². The molecule has 1 aromatic rings. The van der Waals surface area contributed by atoms with Gasteiger partial charge in [-0.1, -0.05) is 68.6 Å². The molecule has 1 saturated carbocycles. The zero-order valence-corrected chi connectivity index (χ0v) is 14.5. The Bertz CT molecular complexity index is 519. The second-order valence-electron chi connectivity index (χ2n) is 6.57. The molecule has 23 heavy (non-hydrogen) atoms. The van der Waals surface area contributed by atoms with Crippen molar-refractivity contribution in [3.05, 3.63) is 35.9 Å². The summed E-state index contributed by atoms with van der Waals surface area (Å²) in [6.45, 7) is 4.16. The first-order valence-corrected chi connectivity index (χ1v) is 8.60. The molecule has 0 heterocycles. The lowest BCUT2D eigenvalue weighted by molar-refractivity contribution is -0.137. The van der Waals surface area contributed by atoms with Gasteiger partial charge in [0, 0.05) is 13.1 Å². The van der Waals surface area contributed by atoms with E-state index in [1.165, 1.54) is 19.3 Å². The highest BCUT2D eigenvalue weighted by atomic mass is 16.6. The van der Waals surface area contributed by atoms with Crippen LogP contribution in [0, 0.1) is 5.92 Å². The van der Waals surface area contributed by atoms with Crippen LogP contribution in [0.15, 0.2) is 35.5 Å². The lowest BCUT2D eigenvalue weighted by atomic mass is 9.94. The van der Waals surface area contributed by atoms with Crippen LogP contribution in [0.25, 0.3) is 0 Å². The number of carbonyl (C=O) groups excluding carboxylic acids is 1. The fraction of sp³-hybridized carbons (Fsp3) is 0.579. The van der Waals surface area contributed by atoms with Crippen LogP contribution in [-0.4, -0.2) is 36.2 Å². The van der Waals surface area contributed by atoms with E-state index in [1.54, 1.807) is 0 Å². The zero-order valence-electron chi connectivity index (χ0n) is 14.5. The third kappa shape index (κ3) is 5.08. The monoisotopic (exact) mass is 316 g/mol. The first-order valence-electron chi connectivity index (χ1n) is 8.60. The minimum Gasteiger partial charge on any atom is -0.385 e. The molecule has 126 valence electrons. The average Bonchev–Trinajstić information content (AvgIpc) is 2.59. The van der Waals surface area contributed by atoms with Crippen molar-refractivity contribution in [1.29, 1.82) is 0 Å². The number of likely N-dealkylation sites (N-methyl/N-ethyl adjacent to an activating group) is 1. The van der Waals surface area contributed by atoms with Gasteiger partial charge < -0.3 is 9.74 Å². The Morgan fingerprint density at radius 2 is 1.87 bits per heavy atom. The first kappa shape index (κ1) is 17.5. The largest absolute Gasteiger partial charge is 0.385 e. The molecule has 0 aliphatic heterocycles. The zero-order chi connectivity index (χ0) is 16.7. The molecule has 0 bridgehead atoms. The molecule has 1 aromatic carbocycles. The van der Waals surface area contributed by atoms with Crippen LogP contribution in [0.3, 0.4) is 0 Å². The summed E-state index contributed by atoms with van der Waals surface area (Å²) in [6, 6.07) is 10.3. The number of oxime groups is 1. The van der Waals surface area contributed by atoms with Crippen LogP contribution in [0.2, 0.25) is 0 Å². The van der Waals surface area contributed by atoms with Crippen LogP contribution in [-0.2, 0) is 9.63 Å². The van der Waals surface area contributed by atoms with Gasteiger partial charge in [0.25, 0.3) is 5.91 Å². The highest BCUT2D eigenvalue weighted by Gasteiger charge is 2.22. The summed E-state index contributed by atoms with van der Waals surface area (Å²) in [6.07, 6.45) is 5.92. The molecular weight excluding hydrogens is 288 g/mol. The molecule has 1 fully saturated rings. The Kier molecular flexibility index (Phi) is 6.63. The summed E-state index contributed by atoms with van der Waals surface area (Å²) in [4.78, 5) is 19.5. The fourth-order valence-electron chi connectivity index (χ4n) is 3.03. The first-order chi connectivity index (χ1) is 11.1. The van der Waals surface area contributed by atoms with Gasteiger partial charge >= 0.3 is 0 Å². The van der Waals surface area contributed by atoms with E-state index in [1.807, 2.05) is 42.3 Å². The molecule has 1 aliphatic rings. The number of amides is 1. The Hall–Kier alpha value is -1.84. The van der Waals surface area contributed by atoms with E-state index in [2.05, 4.69) is 19.0 Å². The summed E-state index contributed by atoms with van der Waals surface area (Å²) in [5, 5.41) is 4.23. The lowest BCUT2D eigenvalue weighted by Crippen LogP contribution is -2.40. The minimum atomic E-state index is 0.00997. The van der Waals surface area contributed by atoms with E-state index < -0.39 is 0 Å². The third-order valence-electron chi connectivity index (χ3n) is 4.48. The maximum Gasteiger partial charge on any atom is 0.263 e. The summed E-state index contributed by atoms with van der Waals surface area (Å²) >= 11 is 0. The van der Waals surface area contributed by atoms with Gasteiger partial charge in [0.2, 0.25) is 0 Å². The lowest BCUT2D eigenvalue weighted by Gasteiger charge is -2.30. The number of nitrogens with zero attached hydrogens (tertiary/aromatic N) is 2. The summed E-state index contributed by atoms with van der Waals surface area (Å²) in [5.74, 6) is 0.250. The van der Waals surface area contributed by atoms with E-state index >= 15 is 0 Å². The predicted octanol–water partition coefficient (Wildman–Crippen LogP) is 3.85. The minimum absolute atomic E-state index is 0.00997. The van der Waals surface area contributed by atoms with Crippen LogP contribution in [0.4, 0.5) is 0 Å². The molecule has 0 unspecified atom stereocenters. The van der Waals surface area contributed by atoms with Gasteiger partial charge in [-0.2, -0.15) is 0 Å². The van der Waals surface area contributed by atoms with E-state index in [9.17, 15) is 4.79 Å². The normalized spacial score (nSPS) is 16.4. The van der Waals surface area contributed by atoms with Crippen molar-refractivity contribution in [2.45, 2.75) is 52.0 Å². The standard InChI is InChI=1S/C19H28N2O2/c1-15(2)19(16-10-6-4-7-11-16)20-23-14-18(22)21(3)17-12-8-5-9-13-17/h4,6-7,10-11,15,17H,5,8-9,12-14H2,1-3H3/b20-19-. The predicted molar refractivity (Wildman–Crippen MR) is 93.4 cm³/mol. The van der Waals surface area contributed by atoms with Gasteiger partial charge in [-0.05, 0) is 24.3 Å². The Labute approximate surface area is 139 Å².